The summed E-state index contributed by atoms with van der Waals surface area (Å²) in [4.78, 5) is 17.8. The first-order valence-electron chi connectivity index (χ1n) is 10.4. The highest BCUT2D eigenvalue weighted by atomic mass is 32.1. The molecule has 0 saturated carbocycles. The van der Waals surface area contributed by atoms with E-state index in [2.05, 4.69) is 25.3 Å². The van der Waals surface area contributed by atoms with Crippen LogP contribution in [0.15, 0.2) is 35.8 Å². The summed E-state index contributed by atoms with van der Waals surface area (Å²) >= 11 is 1.63. The normalized spacial score (nSPS) is 29.9. The lowest BCUT2D eigenvalue weighted by Crippen LogP contribution is -2.65. The van der Waals surface area contributed by atoms with Crippen LogP contribution in [0.3, 0.4) is 0 Å². The van der Waals surface area contributed by atoms with Gasteiger partial charge in [-0.1, -0.05) is 36.0 Å². The molecule has 5 rings (SSSR count). The lowest BCUT2D eigenvalue weighted by molar-refractivity contribution is -0.0306. The standard InChI is InChI=1S/C21H27N5OS/c27-20(15-6-2-1-3-7-15)22-11-19-17-10-16(18-8-4-5-9-26(18)19)12-25(13-17)21-24-23-14-28-21/h1-3,6-7,14,16-19H,4-5,8-13H2,(H,22,27)/t16-,17+,18+,19+/m1/s1. The third-order valence-corrected chi connectivity index (χ3v) is 7.50. The van der Waals surface area contributed by atoms with Gasteiger partial charge in [-0.25, -0.2) is 0 Å². The van der Waals surface area contributed by atoms with Crippen molar-refractivity contribution in [2.24, 2.45) is 11.8 Å². The van der Waals surface area contributed by atoms with Crippen molar-refractivity contribution in [1.29, 1.82) is 0 Å². The maximum Gasteiger partial charge on any atom is 0.251 e. The maximum atomic E-state index is 12.6. The van der Waals surface area contributed by atoms with E-state index in [1.165, 1.54) is 32.2 Å². The van der Waals surface area contributed by atoms with E-state index in [0.29, 0.717) is 23.9 Å². The van der Waals surface area contributed by atoms with Gasteiger partial charge >= 0.3 is 0 Å². The molecular weight excluding hydrogens is 370 g/mol. The van der Waals surface area contributed by atoms with Crippen LogP contribution in [-0.2, 0) is 0 Å². The smallest absolute Gasteiger partial charge is 0.251 e. The Morgan fingerprint density at radius 1 is 1.18 bits per heavy atom. The van der Waals surface area contributed by atoms with Crippen LogP contribution in [0.1, 0.15) is 36.0 Å². The monoisotopic (exact) mass is 397 g/mol. The second-order valence-corrected chi connectivity index (χ2v) is 9.14. The van der Waals surface area contributed by atoms with E-state index in [9.17, 15) is 4.79 Å². The molecule has 148 valence electrons. The van der Waals surface area contributed by atoms with Crippen LogP contribution in [0.5, 0.6) is 0 Å². The van der Waals surface area contributed by atoms with Crippen LogP contribution < -0.4 is 10.2 Å². The fourth-order valence-electron chi connectivity index (χ4n) is 5.54. The number of aromatic nitrogens is 2. The Kier molecular flexibility index (Phi) is 5.03. The Bertz CT molecular complexity index is 798. The fourth-order valence-corrected chi connectivity index (χ4v) is 6.12. The van der Waals surface area contributed by atoms with Crippen molar-refractivity contribution in [2.45, 2.75) is 37.8 Å². The fraction of sp³-hybridized carbons (Fsp3) is 0.571. The number of amides is 1. The Hall–Kier alpha value is -1.99. The summed E-state index contributed by atoms with van der Waals surface area (Å²) in [5.41, 5.74) is 2.56. The van der Waals surface area contributed by atoms with Crippen molar-refractivity contribution in [2.75, 3.05) is 31.1 Å². The number of nitrogens with one attached hydrogen (secondary N) is 1. The van der Waals surface area contributed by atoms with Crippen molar-refractivity contribution in [3.05, 3.63) is 41.4 Å². The topological polar surface area (TPSA) is 61.4 Å². The summed E-state index contributed by atoms with van der Waals surface area (Å²) < 4.78 is 0. The van der Waals surface area contributed by atoms with Gasteiger partial charge in [0.1, 0.15) is 5.51 Å². The van der Waals surface area contributed by atoms with Crippen molar-refractivity contribution in [3.8, 4) is 0 Å². The van der Waals surface area contributed by atoms with Gasteiger partial charge in [-0.15, -0.1) is 10.2 Å². The zero-order valence-corrected chi connectivity index (χ0v) is 16.9. The highest BCUT2D eigenvalue weighted by Gasteiger charge is 2.47. The number of rotatable bonds is 4. The molecule has 1 N–H and O–H groups in total. The summed E-state index contributed by atoms with van der Waals surface area (Å²) in [6.07, 6.45) is 5.15. The van der Waals surface area contributed by atoms with Gasteiger partial charge in [-0.05, 0) is 49.8 Å². The molecule has 2 bridgehead atoms. The van der Waals surface area contributed by atoms with Crippen molar-refractivity contribution < 1.29 is 4.79 Å². The highest BCUT2D eigenvalue weighted by Crippen LogP contribution is 2.42. The van der Waals surface area contributed by atoms with Crippen LogP contribution in [0.25, 0.3) is 0 Å². The van der Waals surface area contributed by atoms with E-state index in [-0.39, 0.29) is 5.91 Å². The first-order chi connectivity index (χ1) is 13.8. The first kappa shape index (κ1) is 18.1. The third-order valence-electron chi connectivity index (χ3n) is 6.75. The molecule has 2 aromatic rings. The number of fused-ring (bicyclic) bond motifs is 4. The van der Waals surface area contributed by atoms with E-state index >= 15 is 0 Å². The summed E-state index contributed by atoms with van der Waals surface area (Å²) in [6, 6.07) is 10.6. The lowest BCUT2D eigenvalue weighted by atomic mass is 9.72. The first-order valence-corrected chi connectivity index (χ1v) is 11.3. The molecule has 28 heavy (non-hydrogen) atoms. The third kappa shape index (κ3) is 3.42. The minimum atomic E-state index is 0.0353. The Balaban J connectivity index is 1.34. The number of piperidine rings is 3. The van der Waals surface area contributed by atoms with Gasteiger partial charge in [0, 0.05) is 37.3 Å². The van der Waals surface area contributed by atoms with Crippen LogP contribution in [0, 0.1) is 11.8 Å². The van der Waals surface area contributed by atoms with E-state index in [1.807, 2.05) is 35.8 Å². The molecule has 0 aliphatic carbocycles. The largest absolute Gasteiger partial charge is 0.350 e. The summed E-state index contributed by atoms with van der Waals surface area (Å²) in [6.45, 7) is 4.00. The zero-order valence-electron chi connectivity index (χ0n) is 16.0. The van der Waals surface area contributed by atoms with Crippen LogP contribution in [0.2, 0.25) is 0 Å². The number of hydrogen-bond acceptors (Lipinski definition) is 6. The highest BCUT2D eigenvalue weighted by molar-refractivity contribution is 7.13. The molecule has 1 aromatic heterocycles. The minimum Gasteiger partial charge on any atom is -0.350 e. The minimum absolute atomic E-state index is 0.0353. The van der Waals surface area contributed by atoms with Crippen molar-refractivity contribution in [1.82, 2.24) is 20.4 Å². The summed E-state index contributed by atoms with van der Waals surface area (Å²) in [7, 11) is 0. The lowest BCUT2D eigenvalue weighted by Gasteiger charge is -2.56. The average molecular weight is 398 g/mol. The van der Waals surface area contributed by atoms with Gasteiger partial charge in [0.05, 0.1) is 0 Å². The van der Waals surface area contributed by atoms with Crippen molar-refractivity contribution >= 4 is 22.4 Å². The van der Waals surface area contributed by atoms with Gasteiger partial charge in [-0.3, -0.25) is 9.69 Å². The molecule has 3 fully saturated rings. The molecule has 6 nitrogen and oxygen atoms in total. The number of hydrogen-bond donors (Lipinski definition) is 1. The number of carbonyl (C=O) groups is 1. The quantitative estimate of drug-likeness (QED) is 0.859. The summed E-state index contributed by atoms with van der Waals surface area (Å²) in [5.74, 6) is 1.30. The van der Waals surface area contributed by atoms with E-state index in [0.717, 1.165) is 30.3 Å². The molecule has 4 heterocycles. The Labute approximate surface area is 169 Å². The molecule has 0 spiro atoms. The molecule has 3 saturated heterocycles. The summed E-state index contributed by atoms with van der Waals surface area (Å²) in [5, 5.41) is 12.6. The van der Waals surface area contributed by atoms with E-state index in [1.54, 1.807) is 11.3 Å². The van der Waals surface area contributed by atoms with Gasteiger partial charge in [-0.2, -0.15) is 0 Å². The second-order valence-electron chi connectivity index (χ2n) is 8.33. The molecule has 3 aliphatic rings. The Morgan fingerprint density at radius 3 is 2.86 bits per heavy atom. The number of benzene rings is 1. The van der Waals surface area contributed by atoms with Gasteiger partial charge < -0.3 is 10.2 Å². The molecule has 7 heteroatoms. The predicted molar refractivity (Wildman–Crippen MR) is 111 cm³/mol. The Morgan fingerprint density at radius 2 is 2.04 bits per heavy atom. The SMILES string of the molecule is O=C(NC[C@H]1[C@H]2C[C@H](CN(c3nncs3)C2)[C@@H]2CCCCN21)c1ccccc1. The van der Waals surface area contributed by atoms with E-state index < -0.39 is 0 Å². The molecule has 0 unspecified atom stereocenters. The second kappa shape index (κ2) is 7.79. The van der Waals surface area contributed by atoms with Gasteiger partial charge in [0.25, 0.3) is 5.91 Å². The molecular formula is C21H27N5OS. The average Bonchev–Trinajstić information content (AvgIpc) is 3.29. The molecule has 0 radical (unpaired) electrons. The molecule has 1 aromatic carbocycles. The molecule has 4 atom stereocenters. The maximum absolute atomic E-state index is 12.6. The van der Waals surface area contributed by atoms with Crippen LogP contribution >= 0.6 is 11.3 Å². The number of nitrogens with zero attached hydrogens (tertiary/aromatic N) is 4. The number of anilines is 1. The predicted octanol–water partition coefficient (Wildman–Crippen LogP) is 2.65. The van der Waals surface area contributed by atoms with Crippen LogP contribution in [-0.4, -0.2) is 59.3 Å². The zero-order chi connectivity index (χ0) is 18.9. The van der Waals surface area contributed by atoms with Gasteiger partial charge in [0.2, 0.25) is 5.13 Å². The van der Waals surface area contributed by atoms with Crippen molar-refractivity contribution in [3.63, 3.8) is 0 Å². The molecule has 3 aliphatic heterocycles. The number of carbonyl (C=O) groups excluding carboxylic acids is 1. The van der Waals surface area contributed by atoms with Crippen LogP contribution in [0.4, 0.5) is 5.13 Å². The molecule has 1 amide bonds. The van der Waals surface area contributed by atoms with E-state index in [4.69, 9.17) is 0 Å². The van der Waals surface area contributed by atoms with Gasteiger partial charge in [0.15, 0.2) is 0 Å².